The third-order valence-electron chi connectivity index (χ3n) is 4.60. The minimum atomic E-state index is -0.406. The minimum Gasteiger partial charge on any atom is -0.493 e. The second-order valence-electron chi connectivity index (χ2n) is 6.18. The number of aryl methyl sites for hydroxylation is 1. The number of nitrogens with zero attached hydrogens (tertiary/aromatic N) is 2. The van der Waals surface area contributed by atoms with Crippen molar-refractivity contribution >= 4 is 23.2 Å². The van der Waals surface area contributed by atoms with Crippen LogP contribution < -0.4 is 19.9 Å². The number of hydrogen-bond acceptors (Lipinski definition) is 5. The van der Waals surface area contributed by atoms with Crippen molar-refractivity contribution in [2.45, 2.75) is 13.0 Å². The van der Waals surface area contributed by atoms with Crippen molar-refractivity contribution in [3.8, 4) is 34.4 Å². The van der Waals surface area contributed by atoms with Crippen LogP contribution in [0.3, 0.4) is 0 Å². The quantitative estimate of drug-likeness (QED) is 0.620. The molecule has 0 saturated carbocycles. The van der Waals surface area contributed by atoms with E-state index in [1.54, 1.807) is 43.1 Å². The highest BCUT2D eigenvalue weighted by Crippen LogP contribution is 2.40. The fourth-order valence-electron chi connectivity index (χ4n) is 3.26. The minimum absolute atomic E-state index is 0.119. The predicted octanol–water partition coefficient (Wildman–Crippen LogP) is 4.58. The Morgan fingerprint density at radius 2 is 1.71 bits per heavy atom. The molecule has 4 rings (SSSR count). The number of halogens is 2. The fraction of sp³-hybridized carbons (Fsp3) is 0.200. The van der Waals surface area contributed by atoms with Gasteiger partial charge in [-0.2, -0.15) is 4.98 Å². The summed E-state index contributed by atoms with van der Waals surface area (Å²) in [5.41, 5.74) is 2.18. The summed E-state index contributed by atoms with van der Waals surface area (Å²) in [7, 11) is 3.16. The van der Waals surface area contributed by atoms with E-state index in [-0.39, 0.29) is 11.6 Å². The first-order chi connectivity index (χ1) is 13.5. The molecule has 0 atom stereocenters. The van der Waals surface area contributed by atoms with E-state index in [0.717, 1.165) is 11.1 Å². The lowest BCUT2D eigenvalue weighted by molar-refractivity contribution is 0.354. The second kappa shape index (κ2) is 7.37. The summed E-state index contributed by atoms with van der Waals surface area (Å²) in [4.78, 5) is 16.6. The molecular weight excluding hydrogens is 403 g/mol. The van der Waals surface area contributed by atoms with Crippen LogP contribution in [-0.2, 0) is 13.0 Å². The lowest BCUT2D eigenvalue weighted by Gasteiger charge is -2.23. The van der Waals surface area contributed by atoms with E-state index in [2.05, 4.69) is 4.98 Å². The Morgan fingerprint density at radius 1 is 1.04 bits per heavy atom. The number of aromatic nitrogens is 2. The Labute approximate surface area is 171 Å². The van der Waals surface area contributed by atoms with Crippen molar-refractivity contribution in [2.75, 3.05) is 14.2 Å². The molecule has 0 radical (unpaired) electrons. The molecule has 0 amide bonds. The molecule has 2 aromatic carbocycles. The van der Waals surface area contributed by atoms with Gasteiger partial charge in [0, 0.05) is 18.2 Å². The van der Waals surface area contributed by atoms with Gasteiger partial charge >= 0.3 is 5.69 Å². The maximum absolute atomic E-state index is 12.6. The number of methoxy groups -OCH3 is 2. The molecule has 0 aliphatic carbocycles. The van der Waals surface area contributed by atoms with Gasteiger partial charge in [0.25, 0.3) is 0 Å². The van der Waals surface area contributed by atoms with E-state index in [1.807, 2.05) is 12.1 Å². The van der Waals surface area contributed by atoms with E-state index >= 15 is 0 Å². The van der Waals surface area contributed by atoms with Crippen LogP contribution in [0, 0.1) is 0 Å². The van der Waals surface area contributed by atoms with Crippen molar-refractivity contribution in [2.24, 2.45) is 0 Å². The van der Waals surface area contributed by atoms with Crippen molar-refractivity contribution in [3.05, 3.63) is 62.5 Å². The van der Waals surface area contributed by atoms with E-state index in [9.17, 15) is 4.79 Å². The Bertz CT molecular complexity index is 1110. The Morgan fingerprint density at radius 3 is 2.39 bits per heavy atom. The van der Waals surface area contributed by atoms with Crippen LogP contribution in [-0.4, -0.2) is 23.8 Å². The molecule has 2 heterocycles. The second-order valence-corrected chi connectivity index (χ2v) is 7.00. The summed E-state index contributed by atoms with van der Waals surface area (Å²) in [5, 5.41) is 0.665. The maximum atomic E-state index is 12.6. The maximum Gasteiger partial charge on any atom is 0.351 e. The highest BCUT2D eigenvalue weighted by atomic mass is 35.5. The van der Waals surface area contributed by atoms with Gasteiger partial charge in [-0.3, -0.25) is 4.57 Å². The van der Waals surface area contributed by atoms with E-state index in [0.29, 0.717) is 40.2 Å². The van der Waals surface area contributed by atoms with Crippen LogP contribution in [0.2, 0.25) is 10.0 Å². The van der Waals surface area contributed by atoms with Crippen molar-refractivity contribution in [1.82, 2.24) is 9.55 Å². The summed E-state index contributed by atoms with van der Waals surface area (Å²) < 4.78 is 18.2. The molecule has 0 unspecified atom stereocenters. The third-order valence-corrected chi connectivity index (χ3v) is 5.20. The first kappa shape index (κ1) is 18.7. The molecule has 144 valence electrons. The summed E-state index contributed by atoms with van der Waals surface area (Å²) in [6.07, 6.45) is 0.681. The molecule has 28 heavy (non-hydrogen) atoms. The normalized spacial score (nSPS) is 12.1. The van der Waals surface area contributed by atoms with Gasteiger partial charge in [-0.15, -0.1) is 0 Å². The van der Waals surface area contributed by atoms with Gasteiger partial charge in [-0.25, -0.2) is 4.79 Å². The van der Waals surface area contributed by atoms with Crippen molar-refractivity contribution in [1.29, 1.82) is 0 Å². The fourth-order valence-corrected chi connectivity index (χ4v) is 3.73. The van der Waals surface area contributed by atoms with Gasteiger partial charge in [0.1, 0.15) is 0 Å². The molecule has 8 heteroatoms. The first-order valence-corrected chi connectivity index (χ1v) is 9.26. The number of fused-ring (bicyclic) bond motifs is 3. The summed E-state index contributed by atoms with van der Waals surface area (Å²) >= 11 is 12.3. The van der Waals surface area contributed by atoms with Crippen LogP contribution in [0.4, 0.5) is 0 Å². The van der Waals surface area contributed by atoms with Gasteiger partial charge in [0.15, 0.2) is 17.2 Å². The highest BCUT2D eigenvalue weighted by molar-refractivity contribution is 6.37. The number of para-hydroxylation sites is 1. The largest absolute Gasteiger partial charge is 0.493 e. The molecular formula is C20H16Cl2N2O4. The van der Waals surface area contributed by atoms with Gasteiger partial charge in [-0.1, -0.05) is 29.3 Å². The molecule has 0 N–H and O–H groups in total. The van der Waals surface area contributed by atoms with Gasteiger partial charge < -0.3 is 14.2 Å². The molecule has 0 spiro atoms. The van der Waals surface area contributed by atoms with Crippen molar-refractivity contribution in [3.63, 3.8) is 0 Å². The smallest absolute Gasteiger partial charge is 0.351 e. The number of hydrogen-bond donors (Lipinski definition) is 0. The average Bonchev–Trinajstić information content (AvgIpc) is 2.69. The summed E-state index contributed by atoms with van der Waals surface area (Å²) in [5.74, 6) is 1.60. The number of ether oxygens (including phenoxy) is 3. The lowest BCUT2D eigenvalue weighted by atomic mass is 9.97. The predicted molar refractivity (Wildman–Crippen MR) is 107 cm³/mol. The molecule has 0 bridgehead atoms. The van der Waals surface area contributed by atoms with Crippen LogP contribution in [0.25, 0.3) is 11.3 Å². The molecule has 0 saturated heterocycles. The van der Waals surface area contributed by atoms with Crippen LogP contribution in [0.15, 0.2) is 41.2 Å². The summed E-state index contributed by atoms with van der Waals surface area (Å²) in [6, 6.07) is 10.5. The van der Waals surface area contributed by atoms with Gasteiger partial charge in [0.2, 0.25) is 5.88 Å². The van der Waals surface area contributed by atoms with E-state index in [4.69, 9.17) is 37.4 Å². The molecule has 3 aromatic rings. The molecule has 0 fully saturated rings. The Balaban J connectivity index is 1.84. The van der Waals surface area contributed by atoms with Gasteiger partial charge in [0.05, 0.1) is 30.0 Å². The highest BCUT2D eigenvalue weighted by Gasteiger charge is 2.22. The van der Waals surface area contributed by atoms with Crippen LogP contribution in [0.1, 0.15) is 5.56 Å². The zero-order chi connectivity index (χ0) is 19.8. The first-order valence-electron chi connectivity index (χ1n) is 8.51. The SMILES string of the molecule is COc1cc2c(cc1OC)-c1cc(Oc3c(Cl)cccc3Cl)nc(=O)n1CC2. The zero-order valence-corrected chi connectivity index (χ0v) is 16.7. The van der Waals surface area contributed by atoms with E-state index in [1.165, 1.54) is 0 Å². The standard InChI is InChI=1S/C20H16Cl2N2O4/c1-26-16-8-11-6-7-24-15(12(11)9-17(16)27-2)10-18(23-20(24)25)28-19-13(21)4-3-5-14(19)22/h3-5,8-10H,6-7H2,1-2H3. The van der Waals surface area contributed by atoms with E-state index < -0.39 is 5.69 Å². The van der Waals surface area contributed by atoms with Crippen LogP contribution in [0.5, 0.6) is 23.1 Å². The Kier molecular flexibility index (Phi) is 4.91. The average molecular weight is 419 g/mol. The zero-order valence-electron chi connectivity index (χ0n) is 15.2. The monoisotopic (exact) mass is 418 g/mol. The molecule has 6 nitrogen and oxygen atoms in total. The molecule has 1 aliphatic heterocycles. The Hall–Kier alpha value is -2.70. The van der Waals surface area contributed by atoms with Crippen molar-refractivity contribution < 1.29 is 14.2 Å². The molecule has 1 aliphatic rings. The topological polar surface area (TPSA) is 62.6 Å². The number of benzene rings is 2. The third kappa shape index (κ3) is 3.19. The van der Waals surface area contributed by atoms with Gasteiger partial charge in [-0.05, 0) is 36.2 Å². The lowest BCUT2D eigenvalue weighted by Crippen LogP contribution is -2.28. The summed E-state index contributed by atoms with van der Waals surface area (Å²) in [6.45, 7) is 0.511. The number of rotatable bonds is 4. The van der Waals surface area contributed by atoms with Crippen LogP contribution >= 0.6 is 23.2 Å². The molecule has 1 aromatic heterocycles.